The van der Waals surface area contributed by atoms with Crippen molar-refractivity contribution < 1.29 is 4.74 Å². The second-order valence-corrected chi connectivity index (χ2v) is 10.1. The first-order chi connectivity index (χ1) is 14.7. The van der Waals surface area contributed by atoms with E-state index >= 15 is 0 Å². The molecule has 0 radical (unpaired) electrons. The highest BCUT2D eigenvalue weighted by Gasteiger charge is 2.16. The zero-order valence-electron chi connectivity index (χ0n) is 17.8. The first-order valence-electron chi connectivity index (χ1n) is 10.2. The van der Waals surface area contributed by atoms with Crippen molar-refractivity contribution in [2.24, 2.45) is 5.10 Å². The molecule has 31 heavy (non-hydrogen) atoms. The summed E-state index contributed by atoms with van der Waals surface area (Å²) in [6, 6.07) is 9.37. The summed E-state index contributed by atoms with van der Waals surface area (Å²) >= 11 is 10.6. The number of rotatable bonds is 7. The molecule has 0 aliphatic rings. The lowest BCUT2D eigenvalue weighted by Crippen LogP contribution is -2.23. The summed E-state index contributed by atoms with van der Waals surface area (Å²) in [6.45, 7) is 8.23. The average molecular weight is 614 g/mol. The maximum absolute atomic E-state index is 13.2. The lowest BCUT2D eigenvalue weighted by atomic mass is 10.1. The van der Waals surface area contributed by atoms with Crippen LogP contribution in [0.25, 0.3) is 10.9 Å². The molecule has 0 fully saturated rings. The van der Waals surface area contributed by atoms with E-state index < -0.39 is 0 Å². The maximum atomic E-state index is 13.2. The quantitative estimate of drug-likeness (QED) is 0.264. The van der Waals surface area contributed by atoms with Crippen LogP contribution in [0.3, 0.4) is 0 Å². The molecular weight excluding hydrogens is 590 g/mol. The Labute approximate surface area is 207 Å². The van der Waals surface area contributed by atoms with Crippen molar-refractivity contribution in [3.8, 4) is 5.75 Å². The van der Waals surface area contributed by atoms with Gasteiger partial charge in [-0.25, -0.2) is 4.98 Å². The zero-order chi connectivity index (χ0) is 22.7. The van der Waals surface area contributed by atoms with E-state index in [0.29, 0.717) is 16.7 Å². The molecule has 2 atom stereocenters. The van der Waals surface area contributed by atoms with Crippen molar-refractivity contribution in [3.05, 3.63) is 65.5 Å². The lowest BCUT2D eigenvalue weighted by molar-refractivity contribution is 0.214. The molecule has 0 saturated heterocycles. The van der Waals surface area contributed by atoms with Crippen LogP contribution in [0.2, 0.25) is 0 Å². The van der Waals surface area contributed by atoms with Crippen molar-refractivity contribution in [1.29, 1.82) is 0 Å². The molecule has 0 aliphatic heterocycles. The Morgan fingerprint density at radius 1 is 1.10 bits per heavy atom. The minimum Gasteiger partial charge on any atom is -0.488 e. The normalized spacial score (nSPS) is 13.6. The minimum atomic E-state index is -0.187. The van der Waals surface area contributed by atoms with Gasteiger partial charge in [0.1, 0.15) is 11.6 Å². The molecular formula is C23H24Br3N3O2. The predicted octanol–water partition coefficient (Wildman–Crippen LogP) is 7.26. The fraction of sp³-hybridized carbons (Fsp3) is 0.348. The van der Waals surface area contributed by atoms with Crippen LogP contribution in [-0.4, -0.2) is 22.0 Å². The Morgan fingerprint density at radius 3 is 2.39 bits per heavy atom. The van der Waals surface area contributed by atoms with Crippen LogP contribution < -0.4 is 10.3 Å². The van der Waals surface area contributed by atoms with Crippen LogP contribution >= 0.6 is 47.8 Å². The van der Waals surface area contributed by atoms with Gasteiger partial charge in [0, 0.05) is 10.4 Å². The molecule has 0 unspecified atom stereocenters. The van der Waals surface area contributed by atoms with Crippen LogP contribution in [0.4, 0.5) is 0 Å². The second-order valence-electron chi connectivity index (χ2n) is 7.45. The molecule has 0 amide bonds. The fourth-order valence-corrected chi connectivity index (χ4v) is 4.72. The van der Waals surface area contributed by atoms with Gasteiger partial charge in [-0.1, -0.05) is 36.7 Å². The molecule has 2 aromatic carbocycles. The van der Waals surface area contributed by atoms with Gasteiger partial charge in [-0.05, 0) is 87.5 Å². The Morgan fingerprint density at radius 2 is 1.77 bits per heavy atom. The molecule has 0 spiro atoms. The summed E-state index contributed by atoms with van der Waals surface area (Å²) in [4.78, 5) is 18.0. The van der Waals surface area contributed by atoms with E-state index in [1.165, 1.54) is 4.68 Å². The van der Waals surface area contributed by atoms with Gasteiger partial charge < -0.3 is 4.74 Å². The van der Waals surface area contributed by atoms with Crippen molar-refractivity contribution in [1.82, 2.24) is 9.66 Å². The third-order valence-electron chi connectivity index (χ3n) is 5.12. The summed E-state index contributed by atoms with van der Waals surface area (Å²) in [5.41, 5.74) is 1.31. The number of hydrogen-bond acceptors (Lipinski definition) is 4. The molecule has 164 valence electrons. The highest BCUT2D eigenvalue weighted by Crippen LogP contribution is 2.35. The van der Waals surface area contributed by atoms with Crippen molar-refractivity contribution in [2.75, 3.05) is 0 Å². The fourth-order valence-electron chi connectivity index (χ4n) is 2.95. The Balaban J connectivity index is 2.08. The summed E-state index contributed by atoms with van der Waals surface area (Å²) in [6.07, 6.45) is 3.53. The van der Waals surface area contributed by atoms with Crippen LogP contribution in [0.1, 0.15) is 57.8 Å². The molecule has 0 N–H and O–H groups in total. The molecule has 8 heteroatoms. The van der Waals surface area contributed by atoms with Gasteiger partial charge in [0.05, 0.1) is 32.2 Å². The summed E-state index contributed by atoms with van der Waals surface area (Å²) in [5, 5.41) is 5.06. The first-order valence-corrected chi connectivity index (χ1v) is 12.5. The van der Waals surface area contributed by atoms with Crippen molar-refractivity contribution in [2.45, 2.75) is 52.6 Å². The molecule has 1 aromatic heterocycles. The van der Waals surface area contributed by atoms with Gasteiger partial charge in [0.25, 0.3) is 5.56 Å². The largest absolute Gasteiger partial charge is 0.488 e. The van der Waals surface area contributed by atoms with E-state index in [9.17, 15) is 4.79 Å². The number of nitrogens with zero attached hydrogens (tertiary/aromatic N) is 3. The molecule has 3 aromatic rings. The minimum absolute atomic E-state index is 0.0858. The second kappa shape index (κ2) is 10.4. The van der Waals surface area contributed by atoms with Crippen LogP contribution in [-0.2, 0) is 0 Å². The Hall–Kier alpha value is -1.51. The SMILES string of the molecule is CC[C@@H](C)Oc1c(Br)cc(C=Nn2c([C@@H](C)CC)nc3ccc(Br)cc3c2=O)cc1Br. The van der Waals surface area contributed by atoms with Gasteiger partial charge in [-0.15, -0.1) is 0 Å². The number of aromatic nitrogens is 2. The zero-order valence-corrected chi connectivity index (χ0v) is 22.6. The van der Waals surface area contributed by atoms with Crippen LogP contribution in [0.5, 0.6) is 5.75 Å². The monoisotopic (exact) mass is 611 g/mol. The molecule has 1 heterocycles. The number of ether oxygens (including phenoxy) is 1. The van der Waals surface area contributed by atoms with E-state index in [4.69, 9.17) is 9.72 Å². The average Bonchev–Trinajstić information content (AvgIpc) is 2.75. The van der Waals surface area contributed by atoms with E-state index in [2.05, 4.69) is 66.7 Å². The number of fused-ring (bicyclic) bond motifs is 1. The van der Waals surface area contributed by atoms with E-state index in [-0.39, 0.29) is 17.6 Å². The van der Waals surface area contributed by atoms with E-state index in [1.54, 1.807) is 12.3 Å². The standard InChI is InChI=1S/C23H24Br3N3O2/c1-5-13(3)22-28-20-8-7-16(24)11-17(20)23(30)29(22)27-12-15-9-18(25)21(19(26)10-15)31-14(4)6-2/h7-14H,5-6H2,1-4H3/t13-,14+/m0/s1. The highest BCUT2D eigenvalue weighted by molar-refractivity contribution is 9.11. The number of halogens is 3. The van der Waals surface area contributed by atoms with E-state index in [0.717, 1.165) is 37.6 Å². The van der Waals surface area contributed by atoms with E-state index in [1.807, 2.05) is 38.1 Å². The molecule has 0 aliphatic carbocycles. The maximum Gasteiger partial charge on any atom is 0.282 e. The third kappa shape index (κ3) is 5.46. The summed E-state index contributed by atoms with van der Waals surface area (Å²) in [5.74, 6) is 1.48. The van der Waals surface area contributed by atoms with Crippen LogP contribution in [0.15, 0.2) is 53.6 Å². The smallest absolute Gasteiger partial charge is 0.282 e. The molecule has 3 rings (SSSR count). The summed E-state index contributed by atoms with van der Waals surface area (Å²) in [7, 11) is 0. The Bertz CT molecular complexity index is 1170. The van der Waals surface area contributed by atoms with Crippen molar-refractivity contribution in [3.63, 3.8) is 0 Å². The Kier molecular flexibility index (Phi) is 8.10. The number of hydrogen-bond donors (Lipinski definition) is 0. The number of benzene rings is 2. The first kappa shape index (κ1) is 24.1. The van der Waals surface area contributed by atoms with Gasteiger partial charge in [-0.3, -0.25) is 4.79 Å². The third-order valence-corrected chi connectivity index (χ3v) is 6.79. The predicted molar refractivity (Wildman–Crippen MR) is 138 cm³/mol. The lowest BCUT2D eigenvalue weighted by Gasteiger charge is -2.16. The molecule has 0 bridgehead atoms. The van der Waals surface area contributed by atoms with Gasteiger partial charge in [-0.2, -0.15) is 9.78 Å². The van der Waals surface area contributed by atoms with Gasteiger partial charge in [0.2, 0.25) is 0 Å². The molecule has 5 nitrogen and oxygen atoms in total. The summed E-state index contributed by atoms with van der Waals surface area (Å²) < 4.78 is 9.86. The van der Waals surface area contributed by atoms with Crippen LogP contribution in [0, 0.1) is 0 Å². The van der Waals surface area contributed by atoms with Crippen molar-refractivity contribution >= 4 is 64.9 Å². The highest BCUT2D eigenvalue weighted by atomic mass is 79.9. The molecule has 0 saturated carbocycles. The van der Waals surface area contributed by atoms with Gasteiger partial charge in [0.15, 0.2) is 0 Å². The van der Waals surface area contributed by atoms with Gasteiger partial charge >= 0.3 is 0 Å². The topological polar surface area (TPSA) is 56.5 Å².